The molecule has 4 nitrogen and oxygen atoms in total. The van der Waals surface area contributed by atoms with E-state index < -0.39 is 11.4 Å². The third-order valence-electron chi connectivity index (χ3n) is 2.37. The van der Waals surface area contributed by atoms with E-state index in [0.29, 0.717) is 6.42 Å². The van der Waals surface area contributed by atoms with Crippen molar-refractivity contribution >= 4 is 5.91 Å². The average molecular weight is 170 g/mol. The standard InChI is InChI=1S/C8H14N2O2/c1-3-6-4-8(2,7(9)11)10(12)5-6/h5,12H,3-4H2,1-2H3,(H2,9,11). The molecule has 3 N–H and O–H groups in total. The smallest absolute Gasteiger partial charge is 0.245 e. The summed E-state index contributed by atoms with van der Waals surface area (Å²) in [4.78, 5) is 11.0. The second-order valence-electron chi connectivity index (χ2n) is 3.30. The van der Waals surface area contributed by atoms with Gasteiger partial charge in [-0.05, 0) is 18.9 Å². The van der Waals surface area contributed by atoms with Crippen LogP contribution in [0.4, 0.5) is 0 Å². The number of carbonyl (C=O) groups is 1. The minimum absolute atomic E-state index is 0.496. The molecule has 1 amide bonds. The van der Waals surface area contributed by atoms with Crippen LogP contribution in [-0.2, 0) is 4.79 Å². The van der Waals surface area contributed by atoms with Gasteiger partial charge in [-0.3, -0.25) is 10.0 Å². The van der Waals surface area contributed by atoms with Crippen molar-refractivity contribution in [1.82, 2.24) is 5.06 Å². The van der Waals surface area contributed by atoms with Crippen molar-refractivity contribution < 1.29 is 10.0 Å². The molecule has 4 heteroatoms. The van der Waals surface area contributed by atoms with Crippen LogP contribution in [0.5, 0.6) is 0 Å². The predicted molar refractivity (Wildman–Crippen MR) is 44.2 cm³/mol. The number of nitrogens with zero attached hydrogens (tertiary/aromatic N) is 1. The van der Waals surface area contributed by atoms with Crippen LogP contribution in [0.3, 0.4) is 0 Å². The van der Waals surface area contributed by atoms with E-state index in [-0.39, 0.29) is 0 Å². The molecule has 1 unspecified atom stereocenters. The van der Waals surface area contributed by atoms with Crippen molar-refractivity contribution in [3.63, 3.8) is 0 Å². The van der Waals surface area contributed by atoms with E-state index in [1.807, 2.05) is 6.92 Å². The van der Waals surface area contributed by atoms with Gasteiger partial charge >= 0.3 is 0 Å². The van der Waals surface area contributed by atoms with Crippen LogP contribution < -0.4 is 5.73 Å². The zero-order chi connectivity index (χ0) is 9.35. The Hall–Kier alpha value is -1.03. The van der Waals surface area contributed by atoms with Crippen molar-refractivity contribution in [1.29, 1.82) is 0 Å². The molecule has 0 bridgehead atoms. The van der Waals surface area contributed by atoms with Gasteiger partial charge in [0.25, 0.3) is 0 Å². The second-order valence-corrected chi connectivity index (χ2v) is 3.30. The summed E-state index contributed by atoms with van der Waals surface area (Å²) in [6.07, 6.45) is 2.93. The van der Waals surface area contributed by atoms with Gasteiger partial charge < -0.3 is 5.73 Å². The van der Waals surface area contributed by atoms with Crippen molar-refractivity contribution in [2.75, 3.05) is 0 Å². The maximum Gasteiger partial charge on any atom is 0.245 e. The molecule has 0 saturated heterocycles. The number of amides is 1. The number of rotatable bonds is 2. The third-order valence-corrected chi connectivity index (χ3v) is 2.37. The minimum atomic E-state index is -0.939. The fourth-order valence-corrected chi connectivity index (χ4v) is 1.30. The van der Waals surface area contributed by atoms with Gasteiger partial charge in [0.15, 0.2) is 0 Å². The molecule has 0 aromatic heterocycles. The highest BCUT2D eigenvalue weighted by Gasteiger charge is 2.40. The third kappa shape index (κ3) is 1.18. The molecule has 1 aliphatic heterocycles. The normalized spacial score (nSPS) is 28.9. The molecule has 68 valence electrons. The molecule has 0 radical (unpaired) electrons. The van der Waals surface area contributed by atoms with Crippen molar-refractivity contribution in [2.45, 2.75) is 32.2 Å². The van der Waals surface area contributed by atoms with E-state index in [1.165, 1.54) is 0 Å². The van der Waals surface area contributed by atoms with Gasteiger partial charge in [0.2, 0.25) is 5.91 Å². The molecular weight excluding hydrogens is 156 g/mol. The van der Waals surface area contributed by atoms with E-state index in [1.54, 1.807) is 13.1 Å². The first-order valence-electron chi connectivity index (χ1n) is 3.98. The Morgan fingerprint density at radius 3 is 2.75 bits per heavy atom. The molecule has 1 aliphatic rings. The highest BCUT2D eigenvalue weighted by molar-refractivity contribution is 5.85. The Labute approximate surface area is 71.6 Å². The largest absolute Gasteiger partial charge is 0.368 e. The minimum Gasteiger partial charge on any atom is -0.368 e. The second kappa shape index (κ2) is 2.79. The molecule has 1 rings (SSSR count). The van der Waals surface area contributed by atoms with Gasteiger partial charge in [0.1, 0.15) is 5.54 Å². The molecule has 0 aromatic rings. The highest BCUT2D eigenvalue weighted by atomic mass is 16.5. The van der Waals surface area contributed by atoms with Gasteiger partial charge in [-0.1, -0.05) is 6.92 Å². The fourth-order valence-electron chi connectivity index (χ4n) is 1.30. The zero-order valence-electron chi connectivity index (χ0n) is 7.37. The molecule has 1 atom stereocenters. The Bertz CT molecular complexity index is 237. The van der Waals surface area contributed by atoms with Crippen LogP contribution in [0.2, 0.25) is 0 Å². The topological polar surface area (TPSA) is 66.6 Å². The summed E-state index contributed by atoms with van der Waals surface area (Å²) in [6.45, 7) is 3.61. The Balaban J connectivity index is 2.82. The number of hydrogen-bond acceptors (Lipinski definition) is 3. The zero-order valence-corrected chi connectivity index (χ0v) is 7.37. The van der Waals surface area contributed by atoms with Gasteiger partial charge in [-0.25, -0.2) is 5.06 Å². The highest BCUT2D eigenvalue weighted by Crippen LogP contribution is 2.31. The number of carbonyl (C=O) groups excluding carboxylic acids is 1. The lowest BCUT2D eigenvalue weighted by molar-refractivity contribution is -0.152. The van der Waals surface area contributed by atoms with E-state index in [2.05, 4.69) is 0 Å². The van der Waals surface area contributed by atoms with Gasteiger partial charge in [-0.15, -0.1) is 0 Å². The maximum absolute atomic E-state index is 11.0. The molecule has 0 fully saturated rings. The number of nitrogens with two attached hydrogens (primary N) is 1. The van der Waals surface area contributed by atoms with E-state index in [9.17, 15) is 10.0 Å². The number of primary amides is 1. The fraction of sp³-hybridized carbons (Fsp3) is 0.625. The first kappa shape index (κ1) is 9.06. The van der Waals surface area contributed by atoms with Gasteiger partial charge in [0, 0.05) is 12.6 Å². The lowest BCUT2D eigenvalue weighted by atomic mass is 9.95. The first-order chi connectivity index (χ1) is 5.50. The lowest BCUT2D eigenvalue weighted by Crippen LogP contribution is -2.49. The van der Waals surface area contributed by atoms with Crippen LogP contribution in [0.25, 0.3) is 0 Å². The average Bonchev–Trinajstić information content (AvgIpc) is 2.29. The number of hydroxylamine groups is 2. The summed E-state index contributed by atoms with van der Waals surface area (Å²) in [7, 11) is 0. The predicted octanol–water partition coefficient (Wildman–Crippen LogP) is 0.619. The first-order valence-corrected chi connectivity index (χ1v) is 3.98. The molecule has 0 spiro atoms. The summed E-state index contributed by atoms with van der Waals surface area (Å²) >= 11 is 0. The molecule has 1 heterocycles. The molecule has 0 saturated carbocycles. The van der Waals surface area contributed by atoms with Gasteiger partial charge in [-0.2, -0.15) is 0 Å². The van der Waals surface area contributed by atoms with Crippen LogP contribution in [0, 0.1) is 0 Å². The van der Waals surface area contributed by atoms with Crippen LogP contribution >= 0.6 is 0 Å². The summed E-state index contributed by atoms with van der Waals surface area (Å²) in [5.41, 5.74) is 5.27. The van der Waals surface area contributed by atoms with Crippen LogP contribution in [0.1, 0.15) is 26.7 Å². The Morgan fingerprint density at radius 2 is 2.50 bits per heavy atom. The monoisotopic (exact) mass is 170 g/mol. The molecule has 12 heavy (non-hydrogen) atoms. The van der Waals surface area contributed by atoms with Crippen molar-refractivity contribution in [3.8, 4) is 0 Å². The SMILES string of the molecule is CCC1=CN(O)C(C)(C(N)=O)C1. The van der Waals surface area contributed by atoms with Gasteiger partial charge in [0.05, 0.1) is 0 Å². The summed E-state index contributed by atoms with van der Waals surface area (Å²) in [6, 6.07) is 0. The molecule has 0 aromatic carbocycles. The lowest BCUT2D eigenvalue weighted by Gasteiger charge is -2.27. The Kier molecular flexibility index (Phi) is 2.10. The van der Waals surface area contributed by atoms with Crippen molar-refractivity contribution in [3.05, 3.63) is 11.8 Å². The van der Waals surface area contributed by atoms with Crippen molar-refractivity contribution in [2.24, 2.45) is 5.73 Å². The summed E-state index contributed by atoms with van der Waals surface area (Å²) < 4.78 is 0. The van der Waals surface area contributed by atoms with E-state index in [0.717, 1.165) is 17.1 Å². The van der Waals surface area contributed by atoms with E-state index >= 15 is 0 Å². The quantitative estimate of drug-likeness (QED) is 0.638. The summed E-state index contributed by atoms with van der Waals surface area (Å²) in [5.74, 6) is -0.496. The van der Waals surface area contributed by atoms with Crippen LogP contribution in [-0.4, -0.2) is 21.7 Å². The van der Waals surface area contributed by atoms with E-state index in [4.69, 9.17) is 5.73 Å². The van der Waals surface area contributed by atoms with Crippen LogP contribution in [0.15, 0.2) is 11.8 Å². The number of hydrogen-bond donors (Lipinski definition) is 2. The molecule has 0 aliphatic carbocycles. The Morgan fingerprint density at radius 1 is 1.92 bits per heavy atom. The summed E-state index contributed by atoms with van der Waals surface area (Å²) in [5, 5.41) is 10.3. The molecular formula is C8H14N2O2. The maximum atomic E-state index is 11.0.